The molecule has 1 saturated heterocycles. The van der Waals surface area contributed by atoms with Crippen molar-refractivity contribution < 1.29 is 9.47 Å². The molecule has 1 aliphatic rings. The molecule has 3 rings (SSSR count). The summed E-state index contributed by atoms with van der Waals surface area (Å²) in [5.74, 6) is 1.50. The van der Waals surface area contributed by atoms with E-state index in [1.54, 1.807) is 14.2 Å². The van der Waals surface area contributed by atoms with Gasteiger partial charge in [-0.2, -0.15) is 0 Å². The minimum Gasteiger partial charge on any atom is -0.493 e. The van der Waals surface area contributed by atoms with Crippen molar-refractivity contribution in [2.75, 3.05) is 51.8 Å². The molecule has 1 heterocycles. The summed E-state index contributed by atoms with van der Waals surface area (Å²) in [4.78, 5) is 4.89. The molecule has 1 unspecified atom stereocenters. The van der Waals surface area contributed by atoms with E-state index in [0.29, 0.717) is 6.54 Å². The molecule has 2 N–H and O–H groups in total. The maximum Gasteiger partial charge on any atom is 0.161 e. The summed E-state index contributed by atoms with van der Waals surface area (Å²) in [5, 5.41) is 0. The highest BCUT2D eigenvalue weighted by atomic mass is 16.5. The molecule has 1 atom stereocenters. The fourth-order valence-electron chi connectivity index (χ4n) is 3.49. The molecule has 2 aromatic carbocycles. The van der Waals surface area contributed by atoms with Crippen molar-refractivity contribution in [1.29, 1.82) is 0 Å². The molecule has 0 amide bonds. The van der Waals surface area contributed by atoms with Crippen LogP contribution in [0.3, 0.4) is 0 Å². The van der Waals surface area contributed by atoms with Crippen LogP contribution in [0.15, 0.2) is 48.5 Å². The molecule has 5 nitrogen and oxygen atoms in total. The average molecular weight is 341 g/mol. The Hall–Kier alpha value is -2.24. The van der Waals surface area contributed by atoms with Crippen LogP contribution < -0.4 is 20.1 Å². The van der Waals surface area contributed by atoms with Crippen LogP contribution >= 0.6 is 0 Å². The number of nitrogens with two attached hydrogens (primary N) is 1. The lowest BCUT2D eigenvalue weighted by Crippen LogP contribution is -2.49. The molecule has 0 radical (unpaired) electrons. The molecule has 134 valence electrons. The number of rotatable bonds is 6. The summed E-state index contributed by atoms with van der Waals surface area (Å²) in [7, 11) is 3.32. The zero-order valence-corrected chi connectivity index (χ0v) is 15.0. The fraction of sp³-hybridized carbons (Fsp3) is 0.400. The highest BCUT2D eigenvalue weighted by Crippen LogP contribution is 2.32. The van der Waals surface area contributed by atoms with Gasteiger partial charge in [0.1, 0.15) is 0 Å². The van der Waals surface area contributed by atoms with Gasteiger partial charge in [-0.05, 0) is 29.8 Å². The Morgan fingerprint density at radius 2 is 1.60 bits per heavy atom. The minimum absolute atomic E-state index is 0.192. The predicted octanol–water partition coefficient (Wildman–Crippen LogP) is 2.53. The summed E-state index contributed by atoms with van der Waals surface area (Å²) in [6, 6.07) is 16.9. The second kappa shape index (κ2) is 8.23. The fourth-order valence-corrected chi connectivity index (χ4v) is 3.49. The Morgan fingerprint density at radius 3 is 2.20 bits per heavy atom. The number of hydrogen-bond acceptors (Lipinski definition) is 5. The standard InChI is InChI=1S/C20H27N3O2/c1-24-19-9-8-16(14-20(19)25-2)18(15-21)23-12-10-22(11-13-23)17-6-4-3-5-7-17/h3-9,14,18H,10-13,15,21H2,1-2H3. The Bertz CT molecular complexity index is 670. The topological polar surface area (TPSA) is 51.0 Å². The number of hydrogen-bond donors (Lipinski definition) is 1. The van der Waals surface area contributed by atoms with E-state index >= 15 is 0 Å². The van der Waals surface area contributed by atoms with Crippen LogP contribution in [0.2, 0.25) is 0 Å². The first-order valence-corrected chi connectivity index (χ1v) is 8.73. The minimum atomic E-state index is 0.192. The molecule has 0 aromatic heterocycles. The van der Waals surface area contributed by atoms with E-state index < -0.39 is 0 Å². The molecule has 2 aromatic rings. The maximum atomic E-state index is 6.12. The van der Waals surface area contributed by atoms with Gasteiger partial charge in [-0.1, -0.05) is 24.3 Å². The van der Waals surface area contributed by atoms with Crippen LogP contribution in [0.25, 0.3) is 0 Å². The lowest BCUT2D eigenvalue weighted by molar-refractivity contribution is 0.190. The van der Waals surface area contributed by atoms with Gasteiger partial charge in [-0.3, -0.25) is 4.90 Å². The lowest BCUT2D eigenvalue weighted by Gasteiger charge is -2.40. The van der Waals surface area contributed by atoms with E-state index in [4.69, 9.17) is 15.2 Å². The van der Waals surface area contributed by atoms with Crippen molar-refractivity contribution in [1.82, 2.24) is 4.90 Å². The molecule has 0 bridgehead atoms. The van der Waals surface area contributed by atoms with Gasteiger partial charge in [-0.15, -0.1) is 0 Å². The summed E-state index contributed by atoms with van der Waals surface area (Å²) in [6.07, 6.45) is 0. The third-order valence-corrected chi connectivity index (χ3v) is 4.89. The number of nitrogens with zero attached hydrogens (tertiary/aromatic N) is 2. The Balaban J connectivity index is 1.70. The van der Waals surface area contributed by atoms with Crippen LogP contribution in [0, 0.1) is 0 Å². The van der Waals surface area contributed by atoms with Crippen molar-refractivity contribution in [2.24, 2.45) is 5.73 Å². The SMILES string of the molecule is COc1ccc(C(CN)N2CCN(c3ccccc3)CC2)cc1OC. The van der Waals surface area contributed by atoms with Gasteiger partial charge >= 0.3 is 0 Å². The average Bonchev–Trinajstić information content (AvgIpc) is 2.69. The van der Waals surface area contributed by atoms with Gasteiger partial charge in [0.25, 0.3) is 0 Å². The second-order valence-corrected chi connectivity index (χ2v) is 6.22. The van der Waals surface area contributed by atoms with Crippen LogP contribution in [0.4, 0.5) is 5.69 Å². The van der Waals surface area contributed by atoms with Gasteiger partial charge in [0.05, 0.1) is 14.2 Å². The Kier molecular flexibility index (Phi) is 5.79. The van der Waals surface area contributed by atoms with Gasteiger partial charge in [0.15, 0.2) is 11.5 Å². The van der Waals surface area contributed by atoms with E-state index in [-0.39, 0.29) is 6.04 Å². The molecule has 0 saturated carbocycles. The van der Waals surface area contributed by atoms with E-state index in [9.17, 15) is 0 Å². The third kappa shape index (κ3) is 3.89. The molecule has 0 spiro atoms. The van der Waals surface area contributed by atoms with Crippen molar-refractivity contribution >= 4 is 5.69 Å². The first kappa shape index (κ1) is 17.6. The molecular weight excluding hydrogens is 314 g/mol. The predicted molar refractivity (Wildman–Crippen MR) is 102 cm³/mol. The summed E-state index contributed by atoms with van der Waals surface area (Å²) >= 11 is 0. The van der Waals surface area contributed by atoms with E-state index in [0.717, 1.165) is 37.7 Å². The monoisotopic (exact) mass is 341 g/mol. The highest BCUT2D eigenvalue weighted by molar-refractivity contribution is 5.47. The lowest BCUT2D eigenvalue weighted by atomic mass is 10.0. The van der Waals surface area contributed by atoms with Crippen molar-refractivity contribution in [3.8, 4) is 11.5 Å². The number of ether oxygens (including phenoxy) is 2. The van der Waals surface area contributed by atoms with E-state index in [2.05, 4.69) is 46.2 Å². The van der Waals surface area contributed by atoms with Crippen LogP contribution in [-0.2, 0) is 0 Å². The number of benzene rings is 2. The molecule has 0 aliphatic carbocycles. The quantitative estimate of drug-likeness (QED) is 0.875. The van der Waals surface area contributed by atoms with Crippen LogP contribution in [0.1, 0.15) is 11.6 Å². The Morgan fingerprint density at radius 1 is 0.920 bits per heavy atom. The van der Waals surface area contributed by atoms with Crippen LogP contribution in [0.5, 0.6) is 11.5 Å². The first-order chi connectivity index (χ1) is 12.3. The van der Waals surface area contributed by atoms with E-state index in [1.165, 1.54) is 11.3 Å². The molecule has 1 fully saturated rings. The van der Waals surface area contributed by atoms with Gasteiger partial charge in [-0.25, -0.2) is 0 Å². The number of methoxy groups -OCH3 is 2. The van der Waals surface area contributed by atoms with Gasteiger partial charge in [0.2, 0.25) is 0 Å². The summed E-state index contributed by atoms with van der Waals surface area (Å²) < 4.78 is 10.8. The highest BCUT2D eigenvalue weighted by Gasteiger charge is 2.25. The Labute approximate surface area is 149 Å². The zero-order chi connectivity index (χ0) is 17.6. The van der Waals surface area contributed by atoms with Crippen molar-refractivity contribution in [3.05, 3.63) is 54.1 Å². The zero-order valence-electron chi connectivity index (χ0n) is 15.0. The summed E-state index contributed by atoms with van der Waals surface area (Å²) in [5.41, 5.74) is 8.58. The largest absolute Gasteiger partial charge is 0.493 e. The number of para-hydroxylation sites is 1. The molecule has 5 heteroatoms. The normalized spacial score (nSPS) is 16.5. The van der Waals surface area contributed by atoms with Gasteiger partial charge < -0.3 is 20.1 Å². The van der Waals surface area contributed by atoms with Gasteiger partial charge in [0, 0.05) is 44.5 Å². The number of anilines is 1. The first-order valence-electron chi connectivity index (χ1n) is 8.73. The number of piperazine rings is 1. The molecular formula is C20H27N3O2. The smallest absolute Gasteiger partial charge is 0.161 e. The van der Waals surface area contributed by atoms with Crippen LogP contribution in [-0.4, -0.2) is 51.8 Å². The third-order valence-electron chi connectivity index (χ3n) is 4.89. The molecule has 1 aliphatic heterocycles. The maximum absolute atomic E-state index is 6.12. The van der Waals surface area contributed by atoms with E-state index in [1.807, 2.05) is 12.1 Å². The second-order valence-electron chi connectivity index (χ2n) is 6.22. The molecule has 25 heavy (non-hydrogen) atoms. The van der Waals surface area contributed by atoms with Crippen molar-refractivity contribution in [3.63, 3.8) is 0 Å². The summed E-state index contributed by atoms with van der Waals surface area (Å²) in [6.45, 7) is 4.58. The van der Waals surface area contributed by atoms with Crippen molar-refractivity contribution in [2.45, 2.75) is 6.04 Å².